The number of piperidine rings is 1. The third-order valence-electron chi connectivity index (χ3n) is 2.63. The number of likely N-dealkylation sites (tertiary alicyclic amines) is 1. The third kappa shape index (κ3) is 2.93. The fourth-order valence-electron chi connectivity index (χ4n) is 1.76. The Morgan fingerprint density at radius 2 is 2.13 bits per heavy atom. The molecule has 0 unspecified atom stereocenters. The molecule has 1 saturated heterocycles. The maximum absolute atomic E-state index is 11.7. The van der Waals surface area contributed by atoms with Crippen molar-refractivity contribution in [2.24, 2.45) is 0 Å². The van der Waals surface area contributed by atoms with Crippen LogP contribution in [-0.2, 0) is 4.79 Å². The highest BCUT2D eigenvalue weighted by atomic mass is 32.1. The molecule has 80 valence electrons. The number of amides is 1. The molecule has 1 aliphatic heterocycles. The van der Waals surface area contributed by atoms with E-state index in [1.165, 1.54) is 6.42 Å². The van der Waals surface area contributed by atoms with Crippen molar-refractivity contribution >= 4 is 23.3 Å². The highest BCUT2D eigenvalue weighted by Gasteiger charge is 2.13. The predicted octanol–water partition coefficient (Wildman–Crippen LogP) is 2.77. The van der Waals surface area contributed by atoms with E-state index >= 15 is 0 Å². The minimum atomic E-state index is 0.154. The highest BCUT2D eigenvalue weighted by Crippen LogP contribution is 2.11. The summed E-state index contributed by atoms with van der Waals surface area (Å²) in [4.78, 5) is 13.7. The molecule has 0 radical (unpaired) electrons. The van der Waals surface area contributed by atoms with Crippen molar-refractivity contribution in [3.05, 3.63) is 28.5 Å². The molecule has 0 atom stereocenters. The van der Waals surface area contributed by atoms with E-state index in [0.717, 1.165) is 31.5 Å². The lowest BCUT2D eigenvalue weighted by Gasteiger charge is -2.25. The Morgan fingerprint density at radius 3 is 2.80 bits per heavy atom. The smallest absolute Gasteiger partial charge is 0.246 e. The maximum Gasteiger partial charge on any atom is 0.246 e. The van der Waals surface area contributed by atoms with Crippen LogP contribution in [-0.4, -0.2) is 23.9 Å². The van der Waals surface area contributed by atoms with Crippen molar-refractivity contribution in [2.45, 2.75) is 19.3 Å². The van der Waals surface area contributed by atoms with Crippen LogP contribution in [0.1, 0.15) is 24.8 Å². The summed E-state index contributed by atoms with van der Waals surface area (Å²) in [5, 5.41) is 4.06. The minimum absolute atomic E-state index is 0.154. The normalized spacial score (nSPS) is 17.2. The summed E-state index contributed by atoms with van der Waals surface area (Å²) in [6.07, 6.45) is 7.15. The molecule has 3 heteroatoms. The first-order valence-electron chi connectivity index (χ1n) is 5.35. The number of rotatable bonds is 2. The van der Waals surface area contributed by atoms with Gasteiger partial charge in [-0.25, -0.2) is 0 Å². The predicted molar refractivity (Wildman–Crippen MR) is 63.8 cm³/mol. The van der Waals surface area contributed by atoms with E-state index in [1.54, 1.807) is 17.4 Å². The van der Waals surface area contributed by atoms with E-state index < -0.39 is 0 Å². The van der Waals surface area contributed by atoms with Gasteiger partial charge >= 0.3 is 0 Å². The zero-order valence-electron chi connectivity index (χ0n) is 8.69. The topological polar surface area (TPSA) is 20.3 Å². The fourth-order valence-corrected chi connectivity index (χ4v) is 2.39. The van der Waals surface area contributed by atoms with Gasteiger partial charge in [-0.2, -0.15) is 11.3 Å². The monoisotopic (exact) mass is 221 g/mol. The standard InChI is InChI=1S/C12H15NOS/c14-12(13-7-2-1-3-8-13)5-4-11-6-9-15-10-11/h4-6,9-10H,1-3,7-8H2/b5-4+. The molecule has 2 heterocycles. The number of nitrogens with zero attached hydrogens (tertiary/aromatic N) is 1. The molecule has 0 aliphatic carbocycles. The Hall–Kier alpha value is -1.09. The Morgan fingerprint density at radius 1 is 1.33 bits per heavy atom. The summed E-state index contributed by atoms with van der Waals surface area (Å²) >= 11 is 1.65. The molecule has 1 aromatic heterocycles. The van der Waals surface area contributed by atoms with Crippen LogP contribution in [0, 0.1) is 0 Å². The molecule has 1 fully saturated rings. The van der Waals surface area contributed by atoms with Crippen LogP contribution in [0.3, 0.4) is 0 Å². The van der Waals surface area contributed by atoms with Gasteiger partial charge in [0.05, 0.1) is 0 Å². The van der Waals surface area contributed by atoms with Crippen molar-refractivity contribution in [1.29, 1.82) is 0 Å². The van der Waals surface area contributed by atoms with Gasteiger partial charge in [-0.05, 0) is 47.7 Å². The first-order chi connectivity index (χ1) is 7.36. The summed E-state index contributed by atoms with van der Waals surface area (Å²) in [7, 11) is 0. The van der Waals surface area contributed by atoms with Crippen LogP contribution in [0.5, 0.6) is 0 Å². The minimum Gasteiger partial charge on any atom is -0.339 e. The summed E-state index contributed by atoms with van der Waals surface area (Å²) in [6, 6.07) is 2.02. The van der Waals surface area contributed by atoms with Crippen LogP contribution in [0.2, 0.25) is 0 Å². The van der Waals surface area contributed by atoms with E-state index in [1.807, 2.05) is 27.8 Å². The fraction of sp³-hybridized carbons (Fsp3) is 0.417. The van der Waals surface area contributed by atoms with Gasteiger partial charge in [-0.3, -0.25) is 4.79 Å². The lowest BCUT2D eigenvalue weighted by Crippen LogP contribution is -2.34. The zero-order chi connectivity index (χ0) is 10.5. The Kier molecular flexibility index (Phi) is 3.56. The van der Waals surface area contributed by atoms with Crippen molar-refractivity contribution in [3.63, 3.8) is 0 Å². The maximum atomic E-state index is 11.7. The van der Waals surface area contributed by atoms with E-state index in [4.69, 9.17) is 0 Å². The summed E-state index contributed by atoms with van der Waals surface area (Å²) in [5.41, 5.74) is 1.12. The molecule has 1 aliphatic rings. The molecule has 0 N–H and O–H groups in total. The quantitative estimate of drug-likeness (QED) is 0.703. The summed E-state index contributed by atoms with van der Waals surface area (Å²) in [6.45, 7) is 1.85. The molecular weight excluding hydrogens is 206 g/mol. The second-order valence-corrected chi connectivity index (χ2v) is 4.56. The average Bonchev–Trinajstić information content (AvgIpc) is 2.80. The average molecular weight is 221 g/mol. The van der Waals surface area contributed by atoms with Gasteiger partial charge in [0.1, 0.15) is 0 Å². The van der Waals surface area contributed by atoms with Gasteiger partial charge in [0, 0.05) is 19.2 Å². The van der Waals surface area contributed by atoms with Gasteiger partial charge < -0.3 is 4.90 Å². The molecule has 0 saturated carbocycles. The van der Waals surface area contributed by atoms with Gasteiger partial charge in [-0.1, -0.05) is 0 Å². The van der Waals surface area contributed by atoms with E-state index in [2.05, 4.69) is 0 Å². The van der Waals surface area contributed by atoms with Gasteiger partial charge in [0.15, 0.2) is 0 Å². The van der Waals surface area contributed by atoms with Crippen molar-refractivity contribution in [3.8, 4) is 0 Å². The molecule has 0 aromatic carbocycles. The number of hydrogen-bond acceptors (Lipinski definition) is 2. The molecule has 1 aromatic rings. The number of thiophene rings is 1. The molecule has 15 heavy (non-hydrogen) atoms. The van der Waals surface area contributed by atoms with Gasteiger partial charge in [-0.15, -0.1) is 0 Å². The lowest BCUT2D eigenvalue weighted by molar-refractivity contribution is -0.126. The number of hydrogen-bond donors (Lipinski definition) is 0. The Balaban J connectivity index is 1.91. The van der Waals surface area contributed by atoms with Crippen LogP contribution < -0.4 is 0 Å². The van der Waals surface area contributed by atoms with Crippen molar-refractivity contribution in [2.75, 3.05) is 13.1 Å². The molecule has 2 rings (SSSR count). The Labute approximate surface area is 94.2 Å². The number of carbonyl (C=O) groups is 1. The van der Waals surface area contributed by atoms with Crippen LogP contribution in [0.4, 0.5) is 0 Å². The SMILES string of the molecule is O=C(/C=C/c1ccsc1)N1CCCCC1. The van der Waals surface area contributed by atoms with Crippen molar-refractivity contribution in [1.82, 2.24) is 4.90 Å². The molecule has 0 bridgehead atoms. The second kappa shape index (κ2) is 5.12. The van der Waals surface area contributed by atoms with Crippen LogP contribution in [0.25, 0.3) is 6.08 Å². The van der Waals surface area contributed by atoms with E-state index in [0.29, 0.717) is 0 Å². The third-order valence-corrected chi connectivity index (χ3v) is 3.33. The van der Waals surface area contributed by atoms with E-state index in [-0.39, 0.29) is 5.91 Å². The number of carbonyl (C=O) groups excluding carboxylic acids is 1. The molecule has 2 nitrogen and oxygen atoms in total. The first kappa shape index (κ1) is 10.4. The van der Waals surface area contributed by atoms with Crippen LogP contribution >= 0.6 is 11.3 Å². The highest BCUT2D eigenvalue weighted by molar-refractivity contribution is 7.08. The molecule has 1 amide bonds. The first-order valence-corrected chi connectivity index (χ1v) is 6.30. The van der Waals surface area contributed by atoms with Crippen LogP contribution in [0.15, 0.2) is 22.9 Å². The summed E-state index contributed by atoms with van der Waals surface area (Å²) < 4.78 is 0. The van der Waals surface area contributed by atoms with Gasteiger partial charge in [0.25, 0.3) is 0 Å². The second-order valence-electron chi connectivity index (χ2n) is 3.78. The lowest BCUT2D eigenvalue weighted by atomic mass is 10.1. The van der Waals surface area contributed by atoms with E-state index in [9.17, 15) is 4.79 Å². The zero-order valence-corrected chi connectivity index (χ0v) is 9.50. The Bertz CT molecular complexity index is 337. The molecular formula is C12H15NOS. The van der Waals surface area contributed by atoms with Gasteiger partial charge in [0.2, 0.25) is 5.91 Å². The summed E-state index contributed by atoms with van der Waals surface area (Å²) in [5.74, 6) is 0.154. The molecule has 0 spiro atoms. The van der Waals surface area contributed by atoms with Crippen molar-refractivity contribution < 1.29 is 4.79 Å². The largest absolute Gasteiger partial charge is 0.339 e.